The number of benzene rings is 2. The van der Waals surface area contributed by atoms with Crippen molar-refractivity contribution >= 4 is 44.5 Å². The molecule has 176 valence electrons. The number of nitrogens with one attached hydrogen (secondary N) is 1. The maximum absolute atomic E-state index is 13.0. The number of ether oxygens (including phenoxy) is 2. The molecule has 0 aromatic heterocycles. The van der Waals surface area contributed by atoms with E-state index in [-0.39, 0.29) is 34.8 Å². The zero-order valence-corrected chi connectivity index (χ0v) is 19.9. The summed E-state index contributed by atoms with van der Waals surface area (Å²) in [7, 11) is -0.917. The number of carbonyl (C=O) groups excluding carboxylic acids is 2. The Kier molecular flexibility index (Phi) is 8.48. The van der Waals surface area contributed by atoms with Gasteiger partial charge in [0.2, 0.25) is 11.8 Å². The van der Waals surface area contributed by atoms with Gasteiger partial charge in [-0.2, -0.15) is 8.42 Å². The molecule has 1 aliphatic rings. The van der Waals surface area contributed by atoms with Crippen molar-refractivity contribution in [3.8, 4) is 5.75 Å². The second-order valence-corrected chi connectivity index (χ2v) is 9.86. The summed E-state index contributed by atoms with van der Waals surface area (Å²) in [6.45, 7) is 0.634. The Labute approximate surface area is 197 Å². The zero-order chi connectivity index (χ0) is 23.8. The fourth-order valence-corrected chi connectivity index (χ4v) is 5.49. The third kappa shape index (κ3) is 6.56. The number of hydrogen-bond acceptors (Lipinski definition) is 7. The summed E-state index contributed by atoms with van der Waals surface area (Å²) < 4.78 is 39.5. The molecular weight excluding hydrogens is 466 g/mol. The Morgan fingerprint density at radius 1 is 1.12 bits per heavy atom. The third-order valence-corrected chi connectivity index (χ3v) is 7.31. The molecule has 9 nitrogen and oxygen atoms in total. The Hall–Kier alpha value is -2.89. The monoisotopic (exact) mass is 491 g/mol. The minimum Gasteiger partial charge on any atom is -0.497 e. The second kappa shape index (κ2) is 11.3. The number of nitrogens with zero attached hydrogens (tertiary/aromatic N) is 2. The normalized spacial score (nSPS) is 17.4. The predicted molar refractivity (Wildman–Crippen MR) is 127 cm³/mol. The summed E-state index contributed by atoms with van der Waals surface area (Å²) in [5, 5.41) is 2.02. The smallest absolute Gasteiger partial charge is 0.284 e. The van der Waals surface area contributed by atoms with E-state index in [0.29, 0.717) is 24.5 Å². The molecule has 0 spiro atoms. The SMILES string of the molecule is COCCCN1C(=O)[C@H](CC(=O)Nc2ccc(OC)cc2)SC1=NS(=O)(=O)c1ccccc1. The van der Waals surface area contributed by atoms with E-state index < -0.39 is 15.3 Å². The molecule has 1 N–H and O–H groups in total. The van der Waals surface area contributed by atoms with Crippen LogP contribution in [-0.4, -0.2) is 62.9 Å². The van der Waals surface area contributed by atoms with Gasteiger partial charge < -0.3 is 14.8 Å². The lowest BCUT2D eigenvalue weighted by Crippen LogP contribution is -2.35. The minimum absolute atomic E-state index is 0.0306. The van der Waals surface area contributed by atoms with Crippen molar-refractivity contribution in [1.29, 1.82) is 0 Å². The second-order valence-electron chi connectivity index (χ2n) is 7.09. The van der Waals surface area contributed by atoms with Crippen molar-refractivity contribution in [3.05, 3.63) is 54.6 Å². The highest BCUT2D eigenvalue weighted by molar-refractivity contribution is 8.16. The summed E-state index contributed by atoms with van der Waals surface area (Å²) in [6.07, 6.45) is 0.374. The van der Waals surface area contributed by atoms with Gasteiger partial charge in [0.25, 0.3) is 10.0 Å². The highest BCUT2D eigenvalue weighted by atomic mass is 32.2. The average molecular weight is 492 g/mol. The highest BCUT2D eigenvalue weighted by Crippen LogP contribution is 2.31. The van der Waals surface area contributed by atoms with Crippen molar-refractivity contribution < 1.29 is 27.5 Å². The molecule has 1 saturated heterocycles. The van der Waals surface area contributed by atoms with E-state index in [4.69, 9.17) is 9.47 Å². The van der Waals surface area contributed by atoms with Gasteiger partial charge in [0.15, 0.2) is 5.17 Å². The molecule has 0 aliphatic carbocycles. The number of amidine groups is 1. The summed E-state index contributed by atoms with van der Waals surface area (Å²) in [6, 6.07) is 14.6. The zero-order valence-electron chi connectivity index (χ0n) is 18.3. The molecular formula is C22H25N3O6S2. The van der Waals surface area contributed by atoms with E-state index in [1.165, 1.54) is 17.0 Å². The van der Waals surface area contributed by atoms with Crippen molar-refractivity contribution in [2.45, 2.75) is 23.0 Å². The van der Waals surface area contributed by atoms with Crippen LogP contribution in [0.2, 0.25) is 0 Å². The summed E-state index contributed by atoms with van der Waals surface area (Å²) >= 11 is 0.977. The molecule has 1 heterocycles. The molecule has 2 aromatic rings. The van der Waals surface area contributed by atoms with Crippen LogP contribution in [0.15, 0.2) is 63.9 Å². The van der Waals surface area contributed by atoms with Crippen LogP contribution in [0.3, 0.4) is 0 Å². The number of rotatable bonds is 10. The number of sulfonamides is 1. The maximum Gasteiger partial charge on any atom is 0.284 e. The summed E-state index contributed by atoms with van der Waals surface area (Å²) in [5.74, 6) is -0.0697. The standard InChI is InChI=1S/C22H25N3O6S2/c1-30-14-6-13-25-21(27)19(15-20(26)23-16-9-11-17(31-2)12-10-16)32-22(25)24-33(28,29)18-7-4-3-5-8-18/h3-5,7-12,19H,6,13-15H2,1-2H3,(H,23,26)/t19-/m0/s1. The van der Waals surface area contributed by atoms with E-state index in [9.17, 15) is 18.0 Å². The van der Waals surface area contributed by atoms with Crippen LogP contribution < -0.4 is 10.1 Å². The minimum atomic E-state index is -4.01. The molecule has 11 heteroatoms. The van der Waals surface area contributed by atoms with Gasteiger partial charge >= 0.3 is 0 Å². The van der Waals surface area contributed by atoms with E-state index >= 15 is 0 Å². The van der Waals surface area contributed by atoms with Gasteiger partial charge in [-0.15, -0.1) is 4.40 Å². The molecule has 1 fully saturated rings. The third-order valence-electron chi connectivity index (χ3n) is 4.73. The van der Waals surface area contributed by atoms with Crippen molar-refractivity contribution in [2.24, 2.45) is 4.40 Å². The lowest BCUT2D eigenvalue weighted by molar-refractivity contribution is -0.128. The molecule has 1 atom stereocenters. The van der Waals surface area contributed by atoms with Crippen LogP contribution in [-0.2, 0) is 24.3 Å². The highest BCUT2D eigenvalue weighted by Gasteiger charge is 2.40. The van der Waals surface area contributed by atoms with Crippen molar-refractivity contribution in [2.75, 3.05) is 32.7 Å². The van der Waals surface area contributed by atoms with E-state index in [1.807, 2.05) is 0 Å². The van der Waals surface area contributed by atoms with Crippen LogP contribution in [0.25, 0.3) is 0 Å². The first-order valence-electron chi connectivity index (χ1n) is 10.1. The Balaban J connectivity index is 1.76. The Morgan fingerprint density at radius 2 is 1.82 bits per heavy atom. The average Bonchev–Trinajstić information content (AvgIpc) is 3.08. The van der Waals surface area contributed by atoms with Crippen molar-refractivity contribution in [1.82, 2.24) is 4.90 Å². The Morgan fingerprint density at radius 3 is 2.45 bits per heavy atom. The molecule has 0 unspecified atom stereocenters. The number of anilines is 1. The van der Waals surface area contributed by atoms with E-state index in [1.54, 1.807) is 56.7 Å². The van der Waals surface area contributed by atoms with Gasteiger partial charge in [-0.3, -0.25) is 14.5 Å². The molecule has 0 saturated carbocycles. The van der Waals surface area contributed by atoms with Gasteiger partial charge in [0.05, 0.1) is 12.0 Å². The van der Waals surface area contributed by atoms with Gasteiger partial charge in [-0.05, 0) is 42.8 Å². The summed E-state index contributed by atoms with van der Waals surface area (Å²) in [4.78, 5) is 26.9. The number of methoxy groups -OCH3 is 2. The largest absolute Gasteiger partial charge is 0.497 e. The molecule has 0 radical (unpaired) electrons. The van der Waals surface area contributed by atoms with Gasteiger partial charge in [0.1, 0.15) is 11.0 Å². The summed E-state index contributed by atoms with van der Waals surface area (Å²) in [5.41, 5.74) is 0.564. The Bertz CT molecular complexity index is 1100. The molecule has 2 amide bonds. The van der Waals surface area contributed by atoms with E-state index in [0.717, 1.165) is 11.8 Å². The molecule has 2 aromatic carbocycles. The van der Waals surface area contributed by atoms with Crippen LogP contribution in [0.1, 0.15) is 12.8 Å². The predicted octanol–water partition coefficient (Wildman–Crippen LogP) is 2.75. The lowest BCUT2D eigenvalue weighted by Gasteiger charge is -2.16. The number of thioether (sulfide) groups is 1. The fraction of sp³-hybridized carbons (Fsp3) is 0.318. The van der Waals surface area contributed by atoms with Crippen LogP contribution in [0.4, 0.5) is 5.69 Å². The van der Waals surface area contributed by atoms with Gasteiger partial charge in [-0.1, -0.05) is 30.0 Å². The first-order valence-corrected chi connectivity index (χ1v) is 12.5. The van der Waals surface area contributed by atoms with E-state index in [2.05, 4.69) is 9.71 Å². The first kappa shape index (κ1) is 24.7. The van der Waals surface area contributed by atoms with Gasteiger partial charge in [0, 0.05) is 32.4 Å². The fourth-order valence-electron chi connectivity index (χ4n) is 3.08. The lowest BCUT2D eigenvalue weighted by atomic mass is 10.2. The first-order chi connectivity index (χ1) is 15.8. The molecule has 3 rings (SSSR count). The molecule has 33 heavy (non-hydrogen) atoms. The van der Waals surface area contributed by atoms with Crippen LogP contribution in [0.5, 0.6) is 5.75 Å². The topological polar surface area (TPSA) is 114 Å². The number of hydrogen-bond donors (Lipinski definition) is 1. The number of carbonyl (C=O) groups is 2. The molecule has 1 aliphatic heterocycles. The van der Waals surface area contributed by atoms with Crippen LogP contribution >= 0.6 is 11.8 Å². The maximum atomic E-state index is 13.0. The number of amides is 2. The van der Waals surface area contributed by atoms with Crippen molar-refractivity contribution in [3.63, 3.8) is 0 Å². The quantitative estimate of drug-likeness (QED) is 0.508. The van der Waals surface area contributed by atoms with Gasteiger partial charge in [-0.25, -0.2) is 0 Å². The van der Waals surface area contributed by atoms with Crippen LogP contribution in [0, 0.1) is 0 Å². The molecule has 0 bridgehead atoms.